The highest BCUT2D eigenvalue weighted by molar-refractivity contribution is 7.17. The molecule has 0 saturated heterocycles. The van der Waals surface area contributed by atoms with Crippen molar-refractivity contribution in [1.82, 2.24) is 0 Å². The van der Waals surface area contributed by atoms with Crippen molar-refractivity contribution in [2.24, 2.45) is 0 Å². The minimum atomic E-state index is -0.501. The van der Waals surface area contributed by atoms with Crippen molar-refractivity contribution in [2.75, 3.05) is 26.6 Å². The lowest BCUT2D eigenvalue weighted by atomic mass is 10.0. The van der Waals surface area contributed by atoms with E-state index in [9.17, 15) is 9.59 Å². The van der Waals surface area contributed by atoms with Crippen LogP contribution in [0.3, 0.4) is 0 Å². The molecule has 0 aliphatic heterocycles. The lowest BCUT2D eigenvalue weighted by Crippen LogP contribution is -2.11. The number of aryl methyl sites for hydroxylation is 1. The van der Waals surface area contributed by atoms with Gasteiger partial charge in [0.15, 0.2) is 0 Å². The lowest BCUT2D eigenvalue weighted by Gasteiger charge is -2.08. The number of carbonyl (C=O) groups excluding carboxylic acids is 2. The van der Waals surface area contributed by atoms with Crippen LogP contribution in [0, 0.1) is 6.92 Å². The summed E-state index contributed by atoms with van der Waals surface area (Å²) in [6, 6.07) is 14.9. The fourth-order valence-corrected chi connectivity index (χ4v) is 4.22. The van der Waals surface area contributed by atoms with E-state index in [1.165, 1.54) is 24.5 Å². The molecule has 0 bridgehead atoms. The van der Waals surface area contributed by atoms with Crippen LogP contribution in [0.2, 0.25) is 0 Å². The number of carbonyl (C=O) groups is 2. The number of hydrogen-bond donors (Lipinski definition) is 1. The topological polar surface area (TPSA) is 73.9 Å². The van der Waals surface area contributed by atoms with Gasteiger partial charge in [0.2, 0.25) is 5.91 Å². The first-order valence-electron chi connectivity index (χ1n) is 9.46. The highest BCUT2D eigenvalue weighted by atomic mass is 32.1. The minimum Gasteiger partial charge on any atom is -0.497 e. The molecule has 31 heavy (non-hydrogen) atoms. The molecule has 0 fully saturated rings. The molecule has 0 spiro atoms. The number of esters is 1. The van der Waals surface area contributed by atoms with Gasteiger partial charge in [0, 0.05) is 28.1 Å². The number of hydrogen-bond acceptors (Lipinski definition) is 6. The molecule has 7 heteroatoms. The summed E-state index contributed by atoms with van der Waals surface area (Å²) in [4.78, 5) is 26.1. The third-order valence-electron chi connectivity index (χ3n) is 4.63. The Morgan fingerprint density at radius 3 is 2.39 bits per heavy atom. The third kappa shape index (κ3) is 4.95. The van der Waals surface area contributed by atoms with Crippen LogP contribution in [-0.2, 0) is 9.53 Å². The monoisotopic (exact) mass is 437 g/mol. The highest BCUT2D eigenvalue weighted by Crippen LogP contribution is 2.40. The molecule has 3 rings (SSSR count). The molecule has 0 atom stereocenters. The first-order chi connectivity index (χ1) is 15.0. The molecule has 6 nitrogen and oxygen atoms in total. The lowest BCUT2D eigenvalue weighted by molar-refractivity contribution is -0.111. The van der Waals surface area contributed by atoms with Gasteiger partial charge in [-0.05, 0) is 30.7 Å². The van der Waals surface area contributed by atoms with Crippen molar-refractivity contribution in [3.63, 3.8) is 0 Å². The molecule has 3 aromatic rings. The van der Waals surface area contributed by atoms with Crippen LogP contribution in [0.1, 0.15) is 20.8 Å². The Hall–Kier alpha value is -3.58. The quantitative estimate of drug-likeness (QED) is 0.407. The largest absolute Gasteiger partial charge is 0.497 e. The zero-order valence-electron chi connectivity index (χ0n) is 17.7. The van der Waals surface area contributed by atoms with Crippen LogP contribution in [0.15, 0.2) is 54.6 Å². The zero-order chi connectivity index (χ0) is 22.4. The number of benzene rings is 2. The molecule has 0 aliphatic rings. The fourth-order valence-electron chi connectivity index (χ4n) is 3.16. The minimum absolute atomic E-state index is 0.347. The zero-order valence-corrected chi connectivity index (χ0v) is 18.5. The van der Waals surface area contributed by atoms with Crippen LogP contribution in [-0.4, -0.2) is 33.2 Å². The summed E-state index contributed by atoms with van der Waals surface area (Å²) in [6.45, 7) is 1.91. The molecule has 1 heterocycles. The van der Waals surface area contributed by atoms with Gasteiger partial charge >= 0.3 is 5.97 Å². The van der Waals surface area contributed by atoms with E-state index in [1.807, 2.05) is 37.3 Å². The fraction of sp³-hybridized carbons (Fsp3) is 0.167. The second kappa shape index (κ2) is 9.95. The smallest absolute Gasteiger partial charge is 0.341 e. The normalized spacial score (nSPS) is 10.7. The van der Waals surface area contributed by atoms with Crippen molar-refractivity contribution in [3.05, 3.63) is 70.6 Å². The number of nitrogens with one attached hydrogen (secondary N) is 1. The Kier molecular flexibility index (Phi) is 7.10. The maximum atomic E-state index is 12.6. The predicted molar refractivity (Wildman–Crippen MR) is 123 cm³/mol. The van der Waals surface area contributed by atoms with Crippen molar-refractivity contribution >= 4 is 34.3 Å². The number of amides is 1. The van der Waals surface area contributed by atoms with E-state index >= 15 is 0 Å². The molecule has 1 aromatic heterocycles. The molecule has 1 N–H and O–H groups in total. The Morgan fingerprint density at radius 2 is 1.74 bits per heavy atom. The van der Waals surface area contributed by atoms with Crippen LogP contribution >= 0.6 is 11.3 Å². The van der Waals surface area contributed by atoms with E-state index in [0.717, 1.165) is 21.6 Å². The van der Waals surface area contributed by atoms with Crippen molar-refractivity contribution in [1.29, 1.82) is 0 Å². The first-order valence-corrected chi connectivity index (χ1v) is 10.3. The summed E-state index contributed by atoms with van der Waals surface area (Å²) in [5.74, 6) is 0.365. The maximum Gasteiger partial charge on any atom is 0.341 e. The SMILES string of the molecule is COC(=O)c1c(NC(=O)C=Cc2ccc(OC)cc2OC)sc(C)c1-c1ccccc1. The summed E-state index contributed by atoms with van der Waals surface area (Å²) in [6.07, 6.45) is 3.03. The Balaban J connectivity index is 1.90. The van der Waals surface area contributed by atoms with E-state index in [0.29, 0.717) is 22.1 Å². The first kappa shape index (κ1) is 22.1. The molecular weight excluding hydrogens is 414 g/mol. The average Bonchev–Trinajstić information content (AvgIpc) is 3.12. The summed E-state index contributed by atoms with van der Waals surface area (Å²) in [7, 11) is 4.45. The summed E-state index contributed by atoms with van der Waals surface area (Å²) in [5, 5.41) is 3.26. The molecule has 0 aliphatic carbocycles. The number of methoxy groups -OCH3 is 3. The van der Waals surface area contributed by atoms with Crippen LogP contribution in [0.5, 0.6) is 11.5 Å². The molecule has 160 valence electrons. The van der Waals surface area contributed by atoms with E-state index in [-0.39, 0.29) is 5.91 Å². The van der Waals surface area contributed by atoms with E-state index in [1.54, 1.807) is 38.5 Å². The molecule has 0 unspecified atom stereocenters. The molecule has 1 amide bonds. The van der Waals surface area contributed by atoms with Crippen molar-refractivity contribution < 1.29 is 23.8 Å². The van der Waals surface area contributed by atoms with Gasteiger partial charge in [0.05, 0.1) is 21.3 Å². The van der Waals surface area contributed by atoms with Crippen LogP contribution in [0.25, 0.3) is 17.2 Å². The van der Waals surface area contributed by atoms with Crippen LogP contribution in [0.4, 0.5) is 5.00 Å². The van der Waals surface area contributed by atoms with Gasteiger partial charge in [-0.1, -0.05) is 30.3 Å². The molecule has 0 saturated carbocycles. The molecule has 0 radical (unpaired) electrons. The standard InChI is InChI=1S/C24H23NO5S/c1-15-21(17-8-6-5-7-9-17)22(24(27)30-4)23(31-15)25-20(26)13-11-16-10-12-18(28-2)14-19(16)29-3/h5-14H,1-4H3,(H,25,26). The Labute approximate surface area is 185 Å². The summed E-state index contributed by atoms with van der Waals surface area (Å²) < 4.78 is 15.5. The number of anilines is 1. The molecular formula is C24H23NO5S. The third-order valence-corrected chi connectivity index (χ3v) is 5.65. The average molecular weight is 438 g/mol. The van der Waals surface area contributed by atoms with Gasteiger partial charge in [-0.3, -0.25) is 4.79 Å². The summed E-state index contributed by atoms with van der Waals surface area (Å²) in [5.41, 5.74) is 2.71. The van der Waals surface area contributed by atoms with E-state index in [2.05, 4.69) is 5.32 Å². The Bertz CT molecular complexity index is 1120. The van der Waals surface area contributed by atoms with Gasteiger partial charge in [0.1, 0.15) is 22.1 Å². The van der Waals surface area contributed by atoms with Gasteiger partial charge in [-0.25, -0.2) is 4.79 Å². The Morgan fingerprint density at radius 1 is 1.00 bits per heavy atom. The number of rotatable bonds is 7. The highest BCUT2D eigenvalue weighted by Gasteiger charge is 2.24. The maximum absolute atomic E-state index is 12.6. The predicted octanol–water partition coefficient (Wildman–Crippen LogP) is 5.18. The van der Waals surface area contributed by atoms with Crippen molar-refractivity contribution in [2.45, 2.75) is 6.92 Å². The summed E-state index contributed by atoms with van der Waals surface area (Å²) >= 11 is 1.33. The number of ether oxygens (including phenoxy) is 3. The van der Waals surface area contributed by atoms with Gasteiger partial charge in [-0.2, -0.15) is 0 Å². The van der Waals surface area contributed by atoms with E-state index in [4.69, 9.17) is 14.2 Å². The van der Waals surface area contributed by atoms with Crippen molar-refractivity contribution in [3.8, 4) is 22.6 Å². The van der Waals surface area contributed by atoms with Crippen LogP contribution < -0.4 is 14.8 Å². The van der Waals surface area contributed by atoms with Gasteiger partial charge in [-0.15, -0.1) is 11.3 Å². The van der Waals surface area contributed by atoms with E-state index < -0.39 is 5.97 Å². The number of thiophene rings is 1. The second-order valence-corrected chi connectivity index (χ2v) is 7.75. The molecule has 2 aromatic carbocycles. The van der Waals surface area contributed by atoms with Gasteiger partial charge < -0.3 is 19.5 Å². The second-order valence-electron chi connectivity index (χ2n) is 6.53. The van der Waals surface area contributed by atoms with Gasteiger partial charge in [0.25, 0.3) is 0 Å².